The average molecular weight is 230 g/mol. The minimum absolute atomic E-state index is 0.510. The van der Waals surface area contributed by atoms with Gasteiger partial charge in [0.1, 0.15) is 0 Å². The van der Waals surface area contributed by atoms with Gasteiger partial charge in [0.25, 0.3) is 0 Å². The van der Waals surface area contributed by atoms with Crippen LogP contribution in [0.1, 0.15) is 39.0 Å². The summed E-state index contributed by atoms with van der Waals surface area (Å²) in [5.41, 5.74) is 5.42. The van der Waals surface area contributed by atoms with E-state index in [1.165, 1.54) is 32.4 Å². The molecule has 96 valence electrons. The van der Waals surface area contributed by atoms with E-state index in [-0.39, 0.29) is 0 Å². The summed E-state index contributed by atoms with van der Waals surface area (Å²) in [4.78, 5) is 2.45. The molecule has 0 saturated carbocycles. The third-order valence-corrected chi connectivity index (χ3v) is 2.71. The van der Waals surface area contributed by atoms with E-state index in [0.29, 0.717) is 6.32 Å². The zero-order valence-corrected chi connectivity index (χ0v) is 10.6. The highest BCUT2D eigenvalue weighted by molar-refractivity contribution is 6.40. The first-order valence-corrected chi connectivity index (χ1v) is 6.49. The lowest BCUT2D eigenvalue weighted by molar-refractivity contribution is 0.235. The first kappa shape index (κ1) is 15.9. The Kier molecular flexibility index (Phi) is 11.3. The van der Waals surface area contributed by atoms with Crippen molar-refractivity contribution in [3.8, 4) is 0 Å². The van der Waals surface area contributed by atoms with Crippen LogP contribution in [0, 0.1) is 0 Å². The zero-order valence-electron chi connectivity index (χ0n) is 10.6. The summed E-state index contributed by atoms with van der Waals surface area (Å²) < 4.78 is 0. The molecule has 1 saturated heterocycles. The van der Waals surface area contributed by atoms with Crippen LogP contribution in [-0.2, 0) is 0 Å². The summed E-state index contributed by atoms with van der Waals surface area (Å²) in [6.07, 6.45) is 6.60. The monoisotopic (exact) mass is 230 g/mol. The van der Waals surface area contributed by atoms with Crippen LogP contribution in [0.15, 0.2) is 0 Å². The van der Waals surface area contributed by atoms with Crippen molar-refractivity contribution in [1.29, 1.82) is 0 Å². The molecule has 0 aromatic heterocycles. The van der Waals surface area contributed by atoms with E-state index in [4.69, 9.17) is 15.8 Å². The summed E-state index contributed by atoms with van der Waals surface area (Å²) in [6.45, 7) is 6.48. The van der Waals surface area contributed by atoms with Crippen molar-refractivity contribution in [3.05, 3.63) is 0 Å². The van der Waals surface area contributed by atoms with Crippen molar-refractivity contribution >= 4 is 7.12 Å². The maximum Gasteiger partial charge on any atom is 0.451 e. The Morgan fingerprint density at radius 2 is 1.81 bits per heavy atom. The van der Waals surface area contributed by atoms with Gasteiger partial charge in [0.2, 0.25) is 0 Å². The molecule has 0 spiro atoms. The molecule has 1 aliphatic heterocycles. The fourth-order valence-electron chi connectivity index (χ4n) is 1.75. The zero-order chi connectivity index (χ0) is 12.2. The van der Waals surface area contributed by atoms with Crippen LogP contribution in [0.5, 0.6) is 0 Å². The average Bonchev–Trinajstić information content (AvgIpc) is 2.29. The van der Waals surface area contributed by atoms with E-state index in [0.717, 1.165) is 25.9 Å². The molecule has 1 rings (SSSR count). The van der Waals surface area contributed by atoms with Crippen molar-refractivity contribution in [2.24, 2.45) is 5.73 Å². The quantitative estimate of drug-likeness (QED) is 0.608. The minimum atomic E-state index is -1.10. The van der Waals surface area contributed by atoms with Gasteiger partial charge in [-0.3, -0.25) is 0 Å². The maximum absolute atomic E-state index is 8.24. The molecule has 0 radical (unpaired) electrons. The predicted molar refractivity (Wildman–Crippen MR) is 69.3 cm³/mol. The van der Waals surface area contributed by atoms with Crippen molar-refractivity contribution in [3.63, 3.8) is 0 Å². The third kappa shape index (κ3) is 10.4. The highest BCUT2D eigenvalue weighted by Crippen LogP contribution is 2.06. The molecule has 0 atom stereocenters. The highest BCUT2D eigenvalue weighted by atomic mass is 16.4. The van der Waals surface area contributed by atoms with Crippen LogP contribution in [0.4, 0.5) is 0 Å². The van der Waals surface area contributed by atoms with E-state index in [1.54, 1.807) is 0 Å². The number of likely N-dealkylation sites (tertiary alicyclic amines) is 1. The van der Waals surface area contributed by atoms with Crippen LogP contribution in [-0.4, -0.2) is 48.2 Å². The van der Waals surface area contributed by atoms with Crippen LogP contribution >= 0.6 is 0 Å². The van der Waals surface area contributed by atoms with Crippen molar-refractivity contribution in [2.75, 3.05) is 26.2 Å². The van der Waals surface area contributed by atoms with Gasteiger partial charge in [0, 0.05) is 13.1 Å². The van der Waals surface area contributed by atoms with Crippen molar-refractivity contribution in [1.82, 2.24) is 4.90 Å². The molecular formula is C11H27BN2O2. The number of hydrogen-bond acceptors (Lipinski definition) is 4. The normalized spacial score (nSPS) is 16.5. The van der Waals surface area contributed by atoms with E-state index >= 15 is 0 Å². The van der Waals surface area contributed by atoms with Crippen LogP contribution in [0.2, 0.25) is 6.32 Å². The number of nitrogens with zero attached hydrogens (tertiary/aromatic N) is 1. The Bertz CT molecular complexity index is 139. The molecule has 1 aliphatic rings. The summed E-state index contributed by atoms with van der Waals surface area (Å²) in [7, 11) is -1.10. The second kappa shape index (κ2) is 11.4. The number of hydrogen-bond donors (Lipinski definition) is 3. The molecule has 0 unspecified atom stereocenters. The van der Waals surface area contributed by atoms with Gasteiger partial charge in [-0.05, 0) is 32.3 Å². The largest absolute Gasteiger partial charge is 0.451 e. The lowest BCUT2D eigenvalue weighted by Crippen LogP contribution is -2.33. The van der Waals surface area contributed by atoms with Gasteiger partial charge in [-0.1, -0.05) is 26.2 Å². The summed E-state index contributed by atoms with van der Waals surface area (Å²) >= 11 is 0. The van der Waals surface area contributed by atoms with E-state index in [9.17, 15) is 0 Å². The molecule has 5 heteroatoms. The van der Waals surface area contributed by atoms with Crippen molar-refractivity contribution in [2.45, 2.75) is 45.3 Å². The molecule has 4 N–H and O–H groups in total. The molecule has 4 nitrogen and oxygen atoms in total. The second-order valence-electron chi connectivity index (χ2n) is 4.31. The predicted octanol–water partition coefficient (Wildman–Crippen LogP) is 0.690. The molecule has 0 aromatic carbocycles. The van der Waals surface area contributed by atoms with Gasteiger partial charge in [-0.2, -0.15) is 0 Å². The number of nitrogens with two attached hydrogens (primary N) is 1. The summed E-state index contributed by atoms with van der Waals surface area (Å²) in [5.74, 6) is 0. The minimum Gasteiger partial charge on any atom is -0.427 e. The Morgan fingerprint density at radius 3 is 2.19 bits per heavy atom. The SMILES string of the molecule is CCCCB(O)O.NCCN1CCCCC1. The lowest BCUT2D eigenvalue weighted by Gasteiger charge is -2.25. The lowest BCUT2D eigenvalue weighted by atomic mass is 9.84. The summed E-state index contributed by atoms with van der Waals surface area (Å²) in [5, 5.41) is 16.5. The molecule has 0 aliphatic carbocycles. The molecular weight excluding hydrogens is 203 g/mol. The molecule has 0 bridgehead atoms. The van der Waals surface area contributed by atoms with Gasteiger partial charge in [-0.25, -0.2) is 0 Å². The van der Waals surface area contributed by atoms with Crippen LogP contribution in [0.25, 0.3) is 0 Å². The molecule has 1 fully saturated rings. The fourth-order valence-corrected chi connectivity index (χ4v) is 1.75. The van der Waals surface area contributed by atoms with Crippen LogP contribution < -0.4 is 5.73 Å². The molecule has 1 heterocycles. The Hall–Kier alpha value is -0.0951. The van der Waals surface area contributed by atoms with Gasteiger partial charge in [0.15, 0.2) is 0 Å². The third-order valence-electron chi connectivity index (χ3n) is 2.71. The van der Waals surface area contributed by atoms with Gasteiger partial charge in [-0.15, -0.1) is 0 Å². The standard InChI is InChI=1S/C7H16N2.C4H11BO2/c8-4-7-9-5-2-1-3-6-9;1-2-3-4-5(6)7/h1-8H2;6-7H,2-4H2,1H3. The molecule has 0 aromatic rings. The van der Waals surface area contributed by atoms with Gasteiger partial charge >= 0.3 is 7.12 Å². The molecule has 16 heavy (non-hydrogen) atoms. The summed E-state index contributed by atoms with van der Waals surface area (Å²) in [6, 6.07) is 0. The second-order valence-corrected chi connectivity index (χ2v) is 4.31. The van der Waals surface area contributed by atoms with E-state index in [1.807, 2.05) is 6.92 Å². The first-order valence-electron chi connectivity index (χ1n) is 6.49. The molecule has 0 amide bonds. The topological polar surface area (TPSA) is 69.7 Å². The Labute approximate surface area is 100.0 Å². The Morgan fingerprint density at radius 1 is 1.19 bits per heavy atom. The smallest absolute Gasteiger partial charge is 0.427 e. The van der Waals surface area contributed by atoms with E-state index in [2.05, 4.69) is 4.90 Å². The number of unbranched alkanes of at least 4 members (excludes halogenated alkanes) is 1. The van der Waals surface area contributed by atoms with Crippen molar-refractivity contribution < 1.29 is 10.0 Å². The fraction of sp³-hybridized carbons (Fsp3) is 1.00. The number of piperidine rings is 1. The Balaban J connectivity index is 0.000000293. The van der Waals surface area contributed by atoms with Crippen LogP contribution in [0.3, 0.4) is 0 Å². The highest BCUT2D eigenvalue weighted by Gasteiger charge is 2.07. The first-order chi connectivity index (χ1) is 7.70. The number of rotatable bonds is 5. The van der Waals surface area contributed by atoms with Gasteiger partial charge < -0.3 is 20.7 Å². The van der Waals surface area contributed by atoms with Gasteiger partial charge in [0.05, 0.1) is 0 Å². The van der Waals surface area contributed by atoms with E-state index < -0.39 is 7.12 Å². The maximum atomic E-state index is 8.24.